The first-order valence-corrected chi connectivity index (χ1v) is 9.95. The van der Waals surface area contributed by atoms with E-state index in [1.54, 1.807) is 24.3 Å². The third-order valence-corrected chi connectivity index (χ3v) is 4.74. The number of halogens is 1. The number of nitrogens with one attached hydrogen (secondary N) is 2. The fraction of sp³-hybridized carbons (Fsp3) is 0.227. The molecule has 0 atom stereocenters. The van der Waals surface area contributed by atoms with Crippen molar-refractivity contribution >= 4 is 41.2 Å². The van der Waals surface area contributed by atoms with Gasteiger partial charge in [-0.25, -0.2) is 9.69 Å². The van der Waals surface area contributed by atoms with Gasteiger partial charge in [0.15, 0.2) is 0 Å². The number of imide groups is 1. The van der Waals surface area contributed by atoms with Gasteiger partial charge >= 0.3 is 6.03 Å². The van der Waals surface area contributed by atoms with Gasteiger partial charge in [-0.15, -0.1) is 0 Å². The Morgan fingerprint density at radius 2 is 1.97 bits per heavy atom. The van der Waals surface area contributed by atoms with E-state index in [-0.39, 0.29) is 5.70 Å². The Morgan fingerprint density at radius 1 is 1.20 bits per heavy atom. The fourth-order valence-electron chi connectivity index (χ4n) is 3.07. The fourth-order valence-corrected chi connectivity index (χ4v) is 3.25. The monoisotopic (exact) mass is 427 g/mol. The molecule has 2 N–H and O–H groups in total. The molecule has 1 aliphatic rings. The molecule has 1 saturated heterocycles. The molecule has 0 saturated carbocycles. The Balaban J connectivity index is 1.76. The smallest absolute Gasteiger partial charge is 0.329 e. The number of amides is 4. The average Bonchev–Trinajstić information content (AvgIpc) is 2.98. The second-order valence-electron chi connectivity index (χ2n) is 6.55. The van der Waals surface area contributed by atoms with Crippen LogP contribution in [0.15, 0.2) is 48.2 Å². The zero-order chi connectivity index (χ0) is 21.7. The van der Waals surface area contributed by atoms with E-state index in [2.05, 4.69) is 10.6 Å². The molecule has 1 fully saturated rings. The van der Waals surface area contributed by atoms with E-state index in [4.69, 9.17) is 16.3 Å². The van der Waals surface area contributed by atoms with Gasteiger partial charge in [-0.1, -0.05) is 36.7 Å². The summed E-state index contributed by atoms with van der Waals surface area (Å²) in [4.78, 5) is 38.3. The first-order valence-electron chi connectivity index (χ1n) is 9.57. The van der Waals surface area contributed by atoms with Crippen LogP contribution in [0.5, 0.6) is 5.75 Å². The minimum Gasteiger partial charge on any atom is -0.493 e. The molecule has 0 unspecified atom stereocenters. The van der Waals surface area contributed by atoms with Crippen LogP contribution in [0.4, 0.5) is 10.5 Å². The topological polar surface area (TPSA) is 87.7 Å². The number of ether oxygens (including phenoxy) is 1. The Morgan fingerprint density at radius 3 is 2.70 bits per heavy atom. The Labute approximate surface area is 179 Å². The SMILES string of the molecule is CCOc1ccc(Cl)cc1/C=C1\NC(=O)N(CC(=O)Nc2ccccc2CC)C1=O. The number of nitrogens with zero attached hydrogens (tertiary/aromatic N) is 1. The number of para-hydroxylation sites is 1. The molecule has 2 aromatic rings. The Bertz CT molecular complexity index is 1020. The van der Waals surface area contributed by atoms with E-state index in [9.17, 15) is 14.4 Å². The molecule has 0 spiro atoms. The molecule has 2 aromatic carbocycles. The molecule has 3 rings (SSSR count). The van der Waals surface area contributed by atoms with Gasteiger partial charge in [-0.2, -0.15) is 0 Å². The van der Waals surface area contributed by atoms with E-state index < -0.39 is 24.4 Å². The van der Waals surface area contributed by atoms with Crippen LogP contribution in [-0.2, 0) is 16.0 Å². The third-order valence-electron chi connectivity index (χ3n) is 4.51. The first kappa shape index (κ1) is 21.4. The molecule has 1 aliphatic heterocycles. The molecule has 0 aliphatic carbocycles. The number of benzene rings is 2. The lowest BCUT2D eigenvalue weighted by molar-refractivity contribution is -0.127. The minimum atomic E-state index is -0.662. The number of anilines is 1. The summed E-state index contributed by atoms with van der Waals surface area (Å²) in [5, 5.41) is 5.73. The second-order valence-corrected chi connectivity index (χ2v) is 6.99. The normalized spacial score (nSPS) is 14.8. The van der Waals surface area contributed by atoms with Gasteiger partial charge in [-0.3, -0.25) is 9.59 Å². The highest BCUT2D eigenvalue weighted by Crippen LogP contribution is 2.26. The van der Waals surface area contributed by atoms with Gasteiger partial charge in [0.05, 0.1) is 6.61 Å². The third kappa shape index (κ3) is 4.80. The first-order chi connectivity index (χ1) is 14.4. The maximum absolute atomic E-state index is 12.7. The quantitative estimate of drug-likeness (QED) is 0.519. The summed E-state index contributed by atoms with van der Waals surface area (Å²) in [6.07, 6.45) is 2.23. The maximum Gasteiger partial charge on any atom is 0.329 e. The number of aryl methyl sites for hydroxylation is 1. The minimum absolute atomic E-state index is 0.0463. The Kier molecular flexibility index (Phi) is 6.74. The highest BCUT2D eigenvalue weighted by molar-refractivity contribution is 6.30. The van der Waals surface area contributed by atoms with Crippen molar-refractivity contribution in [3.63, 3.8) is 0 Å². The molecule has 1 heterocycles. The second kappa shape index (κ2) is 9.45. The summed E-state index contributed by atoms with van der Waals surface area (Å²) < 4.78 is 5.54. The van der Waals surface area contributed by atoms with Crippen LogP contribution in [0.25, 0.3) is 6.08 Å². The lowest BCUT2D eigenvalue weighted by Gasteiger charge is -2.13. The van der Waals surface area contributed by atoms with Crippen molar-refractivity contribution in [3.8, 4) is 5.75 Å². The van der Waals surface area contributed by atoms with E-state index in [0.717, 1.165) is 16.9 Å². The standard InChI is InChI=1S/C22H22ClN3O4/c1-3-14-7-5-6-8-17(14)24-20(27)13-26-21(28)18(25-22(26)29)12-15-11-16(23)9-10-19(15)30-4-2/h5-12H,3-4,13H2,1-2H3,(H,24,27)(H,25,29)/b18-12-. The van der Waals surface area contributed by atoms with Crippen molar-refractivity contribution in [1.82, 2.24) is 10.2 Å². The Hall–Kier alpha value is -3.32. The van der Waals surface area contributed by atoms with Crippen LogP contribution in [0.3, 0.4) is 0 Å². The number of urea groups is 1. The van der Waals surface area contributed by atoms with Crippen LogP contribution in [0, 0.1) is 0 Å². The number of hydrogen-bond donors (Lipinski definition) is 2. The summed E-state index contributed by atoms with van der Waals surface area (Å²) in [6, 6.07) is 11.7. The van der Waals surface area contributed by atoms with Crippen molar-refractivity contribution < 1.29 is 19.1 Å². The molecule has 0 aromatic heterocycles. The summed E-state index contributed by atoms with van der Waals surface area (Å²) in [5.74, 6) is -0.524. The van der Waals surface area contributed by atoms with E-state index in [0.29, 0.717) is 28.6 Å². The van der Waals surface area contributed by atoms with E-state index >= 15 is 0 Å². The predicted molar refractivity (Wildman–Crippen MR) is 115 cm³/mol. The lowest BCUT2D eigenvalue weighted by Crippen LogP contribution is -2.38. The molecule has 4 amide bonds. The summed E-state index contributed by atoms with van der Waals surface area (Å²) >= 11 is 6.05. The molecular formula is C22H22ClN3O4. The number of carbonyl (C=O) groups is 3. The van der Waals surface area contributed by atoms with Crippen LogP contribution < -0.4 is 15.4 Å². The lowest BCUT2D eigenvalue weighted by atomic mass is 10.1. The zero-order valence-corrected chi connectivity index (χ0v) is 17.5. The van der Waals surface area contributed by atoms with Gasteiger partial charge < -0.3 is 15.4 Å². The molecule has 0 radical (unpaired) electrons. The molecule has 0 bridgehead atoms. The van der Waals surface area contributed by atoms with Crippen LogP contribution in [0.2, 0.25) is 5.02 Å². The zero-order valence-electron chi connectivity index (χ0n) is 16.7. The number of rotatable bonds is 7. The van der Waals surface area contributed by atoms with Crippen LogP contribution in [0.1, 0.15) is 25.0 Å². The molecule has 8 heteroatoms. The molecule has 30 heavy (non-hydrogen) atoms. The van der Waals surface area contributed by atoms with Gasteiger partial charge in [0, 0.05) is 16.3 Å². The molecule has 156 valence electrons. The van der Waals surface area contributed by atoms with Crippen molar-refractivity contribution in [1.29, 1.82) is 0 Å². The molecule has 7 nitrogen and oxygen atoms in total. The maximum atomic E-state index is 12.7. The van der Waals surface area contributed by atoms with E-state index in [1.165, 1.54) is 6.08 Å². The average molecular weight is 428 g/mol. The van der Waals surface area contributed by atoms with Gasteiger partial charge in [-0.05, 0) is 49.2 Å². The van der Waals surface area contributed by atoms with Crippen LogP contribution >= 0.6 is 11.6 Å². The summed E-state index contributed by atoms with van der Waals surface area (Å²) in [5.41, 5.74) is 2.22. The van der Waals surface area contributed by atoms with Crippen molar-refractivity contribution in [2.45, 2.75) is 20.3 Å². The largest absolute Gasteiger partial charge is 0.493 e. The van der Waals surface area contributed by atoms with Crippen molar-refractivity contribution in [2.75, 3.05) is 18.5 Å². The van der Waals surface area contributed by atoms with Gasteiger partial charge in [0.1, 0.15) is 18.0 Å². The van der Waals surface area contributed by atoms with Crippen molar-refractivity contribution in [2.24, 2.45) is 0 Å². The number of hydrogen-bond acceptors (Lipinski definition) is 4. The van der Waals surface area contributed by atoms with Crippen molar-refractivity contribution in [3.05, 3.63) is 64.3 Å². The van der Waals surface area contributed by atoms with Crippen LogP contribution in [-0.4, -0.2) is 35.9 Å². The molecular weight excluding hydrogens is 406 g/mol. The van der Waals surface area contributed by atoms with E-state index in [1.807, 2.05) is 32.0 Å². The highest BCUT2D eigenvalue weighted by atomic mass is 35.5. The van der Waals surface area contributed by atoms with Gasteiger partial charge in [0.25, 0.3) is 5.91 Å². The highest BCUT2D eigenvalue weighted by Gasteiger charge is 2.35. The summed E-state index contributed by atoms with van der Waals surface area (Å²) in [7, 11) is 0. The predicted octanol–water partition coefficient (Wildman–Crippen LogP) is 3.83. The summed E-state index contributed by atoms with van der Waals surface area (Å²) in [6.45, 7) is 3.86. The number of carbonyl (C=O) groups excluding carboxylic acids is 3. The van der Waals surface area contributed by atoms with Gasteiger partial charge in [0.2, 0.25) is 5.91 Å².